The zero-order valence-electron chi connectivity index (χ0n) is 11.1. The Kier molecular flexibility index (Phi) is 8.39. The van der Waals surface area contributed by atoms with E-state index in [9.17, 15) is 0 Å². The SMILES string of the molecule is [B]CCOCCOCCn1cc([As]C(C)C)nn1. The van der Waals surface area contributed by atoms with Crippen LogP contribution in [0.15, 0.2) is 6.20 Å². The fraction of sp³-hybridized carbons (Fsp3) is 0.818. The van der Waals surface area contributed by atoms with Crippen LogP contribution < -0.4 is 4.48 Å². The van der Waals surface area contributed by atoms with Crippen molar-refractivity contribution in [2.24, 2.45) is 0 Å². The maximum atomic E-state index is 5.43. The van der Waals surface area contributed by atoms with Crippen LogP contribution in [0.3, 0.4) is 0 Å². The average Bonchev–Trinajstić information content (AvgIpc) is 2.75. The number of rotatable bonds is 10. The first-order valence-electron chi connectivity index (χ1n) is 6.19. The molecule has 0 aliphatic heterocycles. The first-order chi connectivity index (χ1) is 8.72. The third-order valence-electron chi connectivity index (χ3n) is 2.02. The van der Waals surface area contributed by atoms with Crippen molar-refractivity contribution in [3.63, 3.8) is 0 Å². The molecule has 0 aliphatic rings. The number of hydrogen-bond acceptors (Lipinski definition) is 4. The van der Waals surface area contributed by atoms with Crippen molar-refractivity contribution in [3.8, 4) is 0 Å². The first-order valence-corrected chi connectivity index (χ1v) is 8.21. The summed E-state index contributed by atoms with van der Waals surface area (Å²) in [4.78, 5) is 0. The standard InChI is InChI=1S/C11H20AsBN3O2/c1-10(2)12-11-9-16(15-14-11)4-6-18-8-7-17-5-3-13/h9-10H,3-8H2,1-2H3. The molecule has 18 heavy (non-hydrogen) atoms. The van der Waals surface area contributed by atoms with Gasteiger partial charge in [0.2, 0.25) is 0 Å². The molecule has 0 fully saturated rings. The van der Waals surface area contributed by atoms with Crippen molar-refractivity contribution in [1.82, 2.24) is 15.0 Å². The molecular weight excluding hydrogens is 292 g/mol. The molecule has 1 heterocycles. The van der Waals surface area contributed by atoms with Crippen molar-refractivity contribution in [1.29, 1.82) is 0 Å². The third-order valence-corrected chi connectivity index (χ3v) is 4.08. The summed E-state index contributed by atoms with van der Waals surface area (Å²) >= 11 is 0.135. The fourth-order valence-corrected chi connectivity index (χ4v) is 3.01. The number of aromatic nitrogens is 3. The second kappa shape index (κ2) is 9.59. The number of ether oxygens (including phenoxy) is 2. The van der Waals surface area contributed by atoms with E-state index in [0.29, 0.717) is 37.5 Å². The van der Waals surface area contributed by atoms with Gasteiger partial charge in [0.15, 0.2) is 0 Å². The first kappa shape index (κ1) is 15.7. The summed E-state index contributed by atoms with van der Waals surface area (Å²) in [5.74, 6) is 0. The zero-order valence-corrected chi connectivity index (χ0v) is 13.0. The summed E-state index contributed by atoms with van der Waals surface area (Å²) in [5, 5.41) is 8.24. The van der Waals surface area contributed by atoms with Gasteiger partial charge in [0.05, 0.1) is 0 Å². The van der Waals surface area contributed by atoms with Crippen LogP contribution in [0.2, 0.25) is 11.0 Å². The van der Waals surface area contributed by atoms with E-state index in [0.717, 1.165) is 11.0 Å². The Bertz CT molecular complexity index is 323. The third kappa shape index (κ3) is 7.19. The molecule has 0 unspecified atom stereocenters. The summed E-state index contributed by atoms with van der Waals surface area (Å²) in [6.45, 7) is 7.58. The Morgan fingerprint density at radius 3 is 2.67 bits per heavy atom. The molecule has 5 nitrogen and oxygen atoms in total. The minimum absolute atomic E-state index is 0.135. The topological polar surface area (TPSA) is 49.2 Å². The van der Waals surface area contributed by atoms with Gasteiger partial charge in [-0.1, -0.05) is 0 Å². The zero-order chi connectivity index (χ0) is 13.2. The van der Waals surface area contributed by atoms with E-state index >= 15 is 0 Å². The van der Waals surface area contributed by atoms with Gasteiger partial charge in [-0.15, -0.1) is 0 Å². The molecule has 0 aromatic carbocycles. The van der Waals surface area contributed by atoms with Gasteiger partial charge >= 0.3 is 117 Å². The van der Waals surface area contributed by atoms with Crippen molar-refractivity contribution >= 4 is 28.1 Å². The molecule has 0 saturated carbocycles. The second-order valence-corrected chi connectivity index (χ2v) is 7.75. The van der Waals surface area contributed by atoms with Crippen LogP contribution in [0, 0.1) is 0 Å². The van der Waals surface area contributed by atoms with Crippen molar-refractivity contribution in [2.75, 3.05) is 26.4 Å². The van der Waals surface area contributed by atoms with Gasteiger partial charge in [0, 0.05) is 0 Å². The van der Waals surface area contributed by atoms with Gasteiger partial charge in [-0.2, -0.15) is 0 Å². The second-order valence-electron chi connectivity index (χ2n) is 4.08. The van der Waals surface area contributed by atoms with Gasteiger partial charge in [-0.3, -0.25) is 0 Å². The van der Waals surface area contributed by atoms with E-state index in [1.807, 2.05) is 10.9 Å². The summed E-state index contributed by atoms with van der Waals surface area (Å²) in [6, 6.07) is 0. The fourth-order valence-electron chi connectivity index (χ4n) is 1.28. The van der Waals surface area contributed by atoms with Gasteiger partial charge in [0.25, 0.3) is 0 Å². The quantitative estimate of drug-likeness (QED) is 0.453. The van der Waals surface area contributed by atoms with Crippen LogP contribution in [0.25, 0.3) is 0 Å². The van der Waals surface area contributed by atoms with Gasteiger partial charge < -0.3 is 0 Å². The van der Waals surface area contributed by atoms with Gasteiger partial charge in [-0.05, 0) is 0 Å². The molecule has 0 N–H and O–H groups in total. The van der Waals surface area contributed by atoms with E-state index in [4.69, 9.17) is 17.3 Å². The Morgan fingerprint density at radius 1 is 1.28 bits per heavy atom. The van der Waals surface area contributed by atoms with E-state index in [1.54, 1.807) is 0 Å². The predicted molar refractivity (Wildman–Crippen MR) is 72.7 cm³/mol. The molecule has 1 aromatic rings. The molecule has 0 atom stereocenters. The van der Waals surface area contributed by atoms with Gasteiger partial charge in [-0.25, -0.2) is 0 Å². The van der Waals surface area contributed by atoms with E-state index in [1.165, 1.54) is 0 Å². The van der Waals surface area contributed by atoms with Crippen LogP contribution in [0.5, 0.6) is 0 Å². The maximum absolute atomic E-state index is 5.43. The molecule has 3 radical (unpaired) electrons. The molecule has 1 rings (SSSR count). The van der Waals surface area contributed by atoms with Crippen molar-refractivity contribution in [3.05, 3.63) is 6.20 Å². The molecule has 0 amide bonds. The molecule has 7 heteroatoms. The molecule has 0 spiro atoms. The Hall–Kier alpha value is -0.317. The average molecular weight is 312 g/mol. The van der Waals surface area contributed by atoms with Crippen LogP contribution in [-0.2, 0) is 16.0 Å². The minimum atomic E-state index is 0.135. The molecule has 99 valence electrons. The number of hydrogen-bond donors (Lipinski definition) is 0. The predicted octanol–water partition coefficient (Wildman–Crippen LogP) is 0.0559. The Labute approximate surface area is 117 Å². The molecule has 0 saturated heterocycles. The van der Waals surface area contributed by atoms with E-state index in [2.05, 4.69) is 24.2 Å². The van der Waals surface area contributed by atoms with Crippen LogP contribution >= 0.6 is 0 Å². The van der Waals surface area contributed by atoms with Crippen LogP contribution in [0.1, 0.15) is 13.8 Å². The van der Waals surface area contributed by atoms with Crippen LogP contribution in [-0.4, -0.2) is 65.0 Å². The van der Waals surface area contributed by atoms with Gasteiger partial charge in [0.1, 0.15) is 0 Å². The summed E-state index contributed by atoms with van der Waals surface area (Å²) in [5.41, 5.74) is 0. The van der Waals surface area contributed by atoms with E-state index < -0.39 is 0 Å². The molecule has 0 bridgehead atoms. The summed E-state index contributed by atoms with van der Waals surface area (Å²) < 4.78 is 14.3. The summed E-state index contributed by atoms with van der Waals surface area (Å²) in [7, 11) is 5.30. The number of nitrogens with zero attached hydrogens (tertiary/aromatic N) is 3. The normalized spacial score (nSPS) is 11.9. The summed E-state index contributed by atoms with van der Waals surface area (Å²) in [6.07, 6.45) is 2.58. The molecule has 1 aromatic heterocycles. The van der Waals surface area contributed by atoms with Crippen molar-refractivity contribution in [2.45, 2.75) is 31.4 Å². The molecular formula is C11H20AsBN3O2. The van der Waals surface area contributed by atoms with Crippen LogP contribution in [0.4, 0.5) is 0 Å². The Balaban J connectivity index is 2.06. The van der Waals surface area contributed by atoms with Crippen molar-refractivity contribution < 1.29 is 9.47 Å². The van der Waals surface area contributed by atoms with E-state index in [-0.39, 0.29) is 15.8 Å². The Morgan fingerprint density at radius 2 is 2.00 bits per heavy atom. The molecule has 0 aliphatic carbocycles. The monoisotopic (exact) mass is 312 g/mol.